The van der Waals surface area contributed by atoms with Crippen LogP contribution >= 0.6 is 23.2 Å². The van der Waals surface area contributed by atoms with Crippen LogP contribution < -0.4 is 5.32 Å². The maximum absolute atomic E-state index is 12.2. The van der Waals surface area contributed by atoms with E-state index in [4.69, 9.17) is 23.2 Å². The third-order valence-corrected chi connectivity index (χ3v) is 3.27. The van der Waals surface area contributed by atoms with E-state index >= 15 is 0 Å². The summed E-state index contributed by atoms with van der Waals surface area (Å²) in [5.74, 6) is -0.361. The molecule has 1 amide bonds. The highest BCUT2D eigenvalue weighted by atomic mass is 35.5. The fourth-order valence-corrected chi connectivity index (χ4v) is 2.12. The van der Waals surface area contributed by atoms with Crippen LogP contribution in [0.3, 0.4) is 0 Å². The minimum Gasteiger partial charge on any atom is -0.317 e. The average Bonchev–Trinajstić information content (AvgIpc) is 2.90. The quantitative estimate of drug-likeness (QED) is 0.713. The zero-order valence-electron chi connectivity index (χ0n) is 9.89. The molecule has 0 bridgehead atoms. The second kappa shape index (κ2) is 5.07. The van der Waals surface area contributed by atoms with Crippen molar-refractivity contribution >= 4 is 45.7 Å². The molecule has 0 radical (unpaired) electrons. The van der Waals surface area contributed by atoms with Crippen LogP contribution in [-0.2, 0) is 0 Å². The fraction of sp³-hybridized carbons (Fsp3) is 0. The molecule has 0 aliphatic heterocycles. The van der Waals surface area contributed by atoms with Crippen molar-refractivity contribution in [3.63, 3.8) is 0 Å². The summed E-state index contributed by atoms with van der Waals surface area (Å²) in [6.45, 7) is 0. The molecule has 0 aliphatic rings. The van der Waals surface area contributed by atoms with Gasteiger partial charge >= 0.3 is 0 Å². The molecule has 0 spiro atoms. The van der Waals surface area contributed by atoms with Crippen molar-refractivity contribution in [2.24, 2.45) is 0 Å². The summed E-state index contributed by atoms with van der Waals surface area (Å²) in [7, 11) is 0. The molecular weight excluding hydrogens is 301 g/mol. The number of aromatic nitrogens is 4. The molecule has 6 nitrogen and oxygen atoms in total. The predicted molar refractivity (Wildman–Crippen MR) is 76.1 cm³/mol. The van der Waals surface area contributed by atoms with Crippen molar-refractivity contribution in [2.45, 2.75) is 0 Å². The fourth-order valence-electron chi connectivity index (χ4n) is 1.71. The van der Waals surface area contributed by atoms with Gasteiger partial charge in [-0.3, -0.25) is 9.89 Å². The average molecular weight is 308 g/mol. The number of anilines is 1. The van der Waals surface area contributed by atoms with Crippen molar-refractivity contribution in [1.29, 1.82) is 0 Å². The largest absolute Gasteiger partial charge is 0.317 e. The maximum atomic E-state index is 12.2. The Balaban J connectivity index is 1.92. The Morgan fingerprint density at radius 3 is 2.70 bits per heavy atom. The van der Waals surface area contributed by atoms with Gasteiger partial charge in [0.1, 0.15) is 12.0 Å². The molecular formula is C12H7Cl2N5O. The number of amides is 1. The number of benzene rings is 1. The molecule has 0 saturated heterocycles. The van der Waals surface area contributed by atoms with Gasteiger partial charge < -0.3 is 5.32 Å². The van der Waals surface area contributed by atoms with Gasteiger partial charge in [0.2, 0.25) is 0 Å². The lowest BCUT2D eigenvalue weighted by Crippen LogP contribution is -2.13. The highest BCUT2D eigenvalue weighted by molar-refractivity contribution is 6.38. The highest BCUT2D eigenvalue weighted by Crippen LogP contribution is 2.26. The lowest BCUT2D eigenvalue weighted by molar-refractivity contribution is 0.102. The third kappa shape index (κ3) is 2.31. The van der Waals surface area contributed by atoms with E-state index in [1.54, 1.807) is 24.4 Å². The first-order valence-electron chi connectivity index (χ1n) is 5.55. The molecule has 3 rings (SSSR count). The summed E-state index contributed by atoms with van der Waals surface area (Å²) >= 11 is 11.7. The minimum atomic E-state index is -0.361. The number of nitrogens with one attached hydrogen (secondary N) is 2. The number of carbonyl (C=O) groups is 1. The summed E-state index contributed by atoms with van der Waals surface area (Å²) in [5, 5.41) is 10.4. The van der Waals surface area contributed by atoms with Crippen LogP contribution in [0.15, 0.2) is 30.7 Å². The number of hydrogen-bond donors (Lipinski definition) is 2. The summed E-state index contributed by atoms with van der Waals surface area (Å²) in [6, 6.07) is 5.15. The van der Waals surface area contributed by atoms with E-state index in [1.165, 1.54) is 6.33 Å². The smallest absolute Gasteiger partial charge is 0.255 e. The number of H-pyrrole nitrogens is 1. The first kappa shape index (κ1) is 12.8. The lowest BCUT2D eigenvalue weighted by Gasteiger charge is -2.07. The zero-order chi connectivity index (χ0) is 14.1. The van der Waals surface area contributed by atoms with E-state index < -0.39 is 0 Å². The molecule has 20 heavy (non-hydrogen) atoms. The summed E-state index contributed by atoms with van der Waals surface area (Å²) in [4.78, 5) is 19.7. The van der Waals surface area contributed by atoms with Crippen molar-refractivity contribution in [3.05, 3.63) is 46.6 Å². The molecule has 0 atom stereocenters. The van der Waals surface area contributed by atoms with Gasteiger partial charge in [-0.1, -0.05) is 29.3 Å². The van der Waals surface area contributed by atoms with Crippen LogP contribution in [0.1, 0.15) is 10.4 Å². The van der Waals surface area contributed by atoms with E-state index in [2.05, 4.69) is 25.5 Å². The second-order valence-electron chi connectivity index (χ2n) is 3.96. The molecule has 0 saturated carbocycles. The van der Waals surface area contributed by atoms with Gasteiger partial charge in [-0.2, -0.15) is 5.10 Å². The molecule has 3 aromatic rings. The molecule has 8 heteroatoms. The Kier molecular flexibility index (Phi) is 3.25. The number of fused-ring (bicyclic) bond motifs is 1. The van der Waals surface area contributed by atoms with Crippen LogP contribution in [-0.4, -0.2) is 26.1 Å². The molecule has 0 aliphatic carbocycles. The van der Waals surface area contributed by atoms with Crippen molar-refractivity contribution in [2.75, 3.05) is 5.32 Å². The summed E-state index contributed by atoms with van der Waals surface area (Å²) < 4.78 is 0. The van der Waals surface area contributed by atoms with Gasteiger partial charge in [0.05, 0.1) is 11.7 Å². The zero-order valence-corrected chi connectivity index (χ0v) is 11.4. The molecule has 2 N–H and O–H groups in total. The van der Waals surface area contributed by atoms with Crippen LogP contribution in [0, 0.1) is 0 Å². The van der Waals surface area contributed by atoms with Gasteiger partial charge in [-0.25, -0.2) is 9.97 Å². The van der Waals surface area contributed by atoms with Crippen LogP contribution in [0.5, 0.6) is 0 Å². The number of aromatic amines is 1. The van der Waals surface area contributed by atoms with Crippen molar-refractivity contribution in [1.82, 2.24) is 20.2 Å². The SMILES string of the molecule is O=C(Nc1c(Cl)ncnc1Cl)c1ccc2cn[nH]c2c1. The normalized spacial score (nSPS) is 10.7. The Morgan fingerprint density at radius 1 is 1.20 bits per heavy atom. The Morgan fingerprint density at radius 2 is 1.95 bits per heavy atom. The molecule has 1 aromatic carbocycles. The van der Waals surface area contributed by atoms with Gasteiger partial charge in [0.25, 0.3) is 5.91 Å². The topological polar surface area (TPSA) is 83.6 Å². The van der Waals surface area contributed by atoms with E-state index in [-0.39, 0.29) is 21.9 Å². The molecule has 100 valence electrons. The van der Waals surface area contributed by atoms with Crippen molar-refractivity contribution < 1.29 is 4.79 Å². The summed E-state index contributed by atoms with van der Waals surface area (Å²) in [5.41, 5.74) is 1.39. The van der Waals surface area contributed by atoms with E-state index in [0.717, 1.165) is 10.9 Å². The van der Waals surface area contributed by atoms with Gasteiger partial charge in [-0.05, 0) is 12.1 Å². The Bertz CT molecular complexity index is 781. The first-order chi connectivity index (χ1) is 9.65. The van der Waals surface area contributed by atoms with Gasteiger partial charge in [0.15, 0.2) is 10.3 Å². The van der Waals surface area contributed by atoms with Crippen LogP contribution in [0.4, 0.5) is 5.69 Å². The Labute approximate surface area is 123 Å². The molecule has 0 unspecified atom stereocenters. The molecule has 2 aromatic heterocycles. The number of carbonyl (C=O) groups excluding carboxylic acids is 1. The monoisotopic (exact) mass is 307 g/mol. The van der Waals surface area contributed by atoms with Gasteiger partial charge in [-0.15, -0.1) is 0 Å². The predicted octanol–water partition coefficient (Wildman–Crippen LogP) is 2.91. The maximum Gasteiger partial charge on any atom is 0.255 e. The lowest BCUT2D eigenvalue weighted by atomic mass is 10.1. The van der Waals surface area contributed by atoms with Crippen LogP contribution in [0.2, 0.25) is 10.3 Å². The number of rotatable bonds is 2. The number of nitrogens with zero attached hydrogens (tertiary/aromatic N) is 3. The number of hydrogen-bond acceptors (Lipinski definition) is 4. The first-order valence-corrected chi connectivity index (χ1v) is 6.31. The van der Waals surface area contributed by atoms with E-state index in [0.29, 0.717) is 5.56 Å². The van der Waals surface area contributed by atoms with E-state index in [9.17, 15) is 4.79 Å². The third-order valence-electron chi connectivity index (χ3n) is 2.70. The highest BCUT2D eigenvalue weighted by Gasteiger charge is 2.13. The Hall–Kier alpha value is -2.18. The van der Waals surface area contributed by atoms with Crippen molar-refractivity contribution in [3.8, 4) is 0 Å². The minimum absolute atomic E-state index is 0.0842. The van der Waals surface area contributed by atoms with Gasteiger partial charge in [0, 0.05) is 10.9 Å². The summed E-state index contributed by atoms with van der Waals surface area (Å²) in [6.07, 6.45) is 2.90. The standard InChI is InChI=1S/C12H7Cl2N5O/c13-10-9(11(14)16-5-15-10)18-12(20)6-1-2-7-4-17-19-8(7)3-6/h1-5H,(H,17,19)(H,18,20). The second-order valence-corrected chi connectivity index (χ2v) is 4.67. The molecule has 2 heterocycles. The van der Waals surface area contributed by atoms with Crippen LogP contribution in [0.25, 0.3) is 10.9 Å². The number of halogens is 2. The van der Waals surface area contributed by atoms with E-state index in [1.807, 2.05) is 0 Å². The molecule has 0 fully saturated rings.